The Morgan fingerprint density at radius 2 is 2.03 bits per heavy atom. The summed E-state index contributed by atoms with van der Waals surface area (Å²) in [5.74, 6) is 0.838. The summed E-state index contributed by atoms with van der Waals surface area (Å²) < 4.78 is 25.8. The van der Waals surface area contributed by atoms with E-state index in [0.29, 0.717) is 18.9 Å². The second-order valence-corrected chi connectivity index (χ2v) is 10.4. The van der Waals surface area contributed by atoms with Crippen LogP contribution in [0.15, 0.2) is 47.8 Å². The number of hydrogen-bond donors (Lipinski definition) is 2. The Morgan fingerprint density at radius 1 is 1.18 bits per heavy atom. The zero-order chi connectivity index (χ0) is 23.2. The van der Waals surface area contributed by atoms with Gasteiger partial charge in [-0.15, -0.1) is 0 Å². The molecule has 9 nitrogen and oxygen atoms in total. The lowest BCUT2D eigenvalue weighted by Crippen LogP contribution is -2.44. The van der Waals surface area contributed by atoms with Crippen LogP contribution in [0.3, 0.4) is 0 Å². The molecular formula is C23H25N7O2S. The molecule has 0 aliphatic carbocycles. The van der Waals surface area contributed by atoms with E-state index in [1.54, 1.807) is 18.5 Å². The van der Waals surface area contributed by atoms with E-state index in [0.717, 1.165) is 45.8 Å². The van der Waals surface area contributed by atoms with E-state index in [-0.39, 0.29) is 11.1 Å². The Balaban J connectivity index is 1.78. The maximum absolute atomic E-state index is 12.2. The van der Waals surface area contributed by atoms with E-state index < -0.39 is 9.73 Å². The third kappa shape index (κ3) is 3.96. The van der Waals surface area contributed by atoms with E-state index in [2.05, 4.69) is 38.1 Å². The quantitative estimate of drug-likeness (QED) is 0.474. The first-order valence-electron chi connectivity index (χ1n) is 10.7. The van der Waals surface area contributed by atoms with Gasteiger partial charge in [-0.2, -0.15) is 5.10 Å². The summed E-state index contributed by atoms with van der Waals surface area (Å²) in [5, 5.41) is 8.29. The highest BCUT2D eigenvalue weighted by molar-refractivity contribution is 7.91. The van der Waals surface area contributed by atoms with Crippen molar-refractivity contribution < 1.29 is 8.95 Å². The largest absolute Gasteiger partial charge is 0.377 e. The normalized spacial score (nSPS) is 18.4. The Kier molecular flexibility index (Phi) is 5.34. The van der Waals surface area contributed by atoms with Gasteiger partial charge in [0.05, 0.1) is 34.7 Å². The maximum Gasteiger partial charge on any atom is 0.135 e. The van der Waals surface area contributed by atoms with Crippen molar-refractivity contribution in [1.29, 1.82) is 4.78 Å². The zero-order valence-electron chi connectivity index (χ0n) is 18.7. The molecule has 0 bridgehead atoms. The van der Waals surface area contributed by atoms with Gasteiger partial charge in [0, 0.05) is 41.8 Å². The van der Waals surface area contributed by atoms with Crippen molar-refractivity contribution in [3.8, 4) is 22.5 Å². The number of nitrogens with zero attached hydrogens (tertiary/aromatic N) is 5. The van der Waals surface area contributed by atoms with Crippen LogP contribution in [-0.2, 0) is 14.5 Å². The van der Waals surface area contributed by atoms with Crippen LogP contribution in [0.25, 0.3) is 33.4 Å². The average Bonchev–Trinajstić information content (AvgIpc) is 3.32. The fourth-order valence-electron chi connectivity index (χ4n) is 4.20. The molecule has 1 unspecified atom stereocenters. The summed E-state index contributed by atoms with van der Waals surface area (Å²) in [6.45, 7) is 6.02. The molecule has 0 aromatic carbocycles. The van der Waals surface area contributed by atoms with E-state index in [1.165, 1.54) is 6.26 Å². The third-order valence-electron chi connectivity index (χ3n) is 5.88. The summed E-state index contributed by atoms with van der Waals surface area (Å²) in [6.07, 6.45) is 4.84. The number of pyridine rings is 3. The van der Waals surface area contributed by atoms with Crippen molar-refractivity contribution in [3.63, 3.8) is 0 Å². The number of aromatic nitrogens is 5. The second kappa shape index (κ2) is 8.20. The van der Waals surface area contributed by atoms with Crippen molar-refractivity contribution in [2.24, 2.45) is 0 Å². The van der Waals surface area contributed by atoms with E-state index in [1.807, 2.05) is 25.1 Å². The second-order valence-electron chi connectivity index (χ2n) is 8.30. The number of aromatic amines is 1. The lowest BCUT2D eigenvalue weighted by molar-refractivity contribution is 0.0986. The number of nitrogens with one attached hydrogen (secondary N) is 2. The minimum absolute atomic E-state index is 0.179. The zero-order valence-corrected chi connectivity index (χ0v) is 19.5. The van der Waals surface area contributed by atoms with Gasteiger partial charge in [0.2, 0.25) is 0 Å². The molecule has 5 rings (SSSR count). The van der Waals surface area contributed by atoms with Crippen LogP contribution in [-0.4, -0.2) is 61.4 Å². The number of morpholine rings is 1. The van der Waals surface area contributed by atoms with Gasteiger partial charge in [0.25, 0.3) is 0 Å². The highest BCUT2D eigenvalue weighted by atomic mass is 32.2. The molecule has 1 aliphatic heterocycles. The van der Waals surface area contributed by atoms with Gasteiger partial charge < -0.3 is 9.64 Å². The van der Waals surface area contributed by atoms with E-state index >= 15 is 0 Å². The molecule has 1 aliphatic rings. The molecule has 0 radical (unpaired) electrons. The van der Waals surface area contributed by atoms with Crippen molar-refractivity contribution in [2.75, 3.05) is 30.9 Å². The molecule has 4 aromatic heterocycles. The van der Waals surface area contributed by atoms with Gasteiger partial charge in [-0.1, -0.05) is 0 Å². The number of rotatable bonds is 4. The third-order valence-corrected chi connectivity index (χ3v) is 6.91. The van der Waals surface area contributed by atoms with Crippen LogP contribution in [0, 0.1) is 11.7 Å². The number of anilines is 1. The smallest absolute Gasteiger partial charge is 0.135 e. The fraction of sp³-hybridized carbons (Fsp3) is 0.304. The summed E-state index contributed by atoms with van der Waals surface area (Å²) in [6, 6.07) is 9.66. The summed E-state index contributed by atoms with van der Waals surface area (Å²) >= 11 is 0. The fourth-order valence-corrected chi connectivity index (χ4v) is 4.84. The number of hydrogen-bond acceptors (Lipinski definition) is 8. The average molecular weight is 464 g/mol. The maximum atomic E-state index is 12.2. The first kappa shape index (κ1) is 21.5. The number of ether oxygens (including phenoxy) is 1. The van der Waals surface area contributed by atoms with Crippen molar-refractivity contribution in [3.05, 3.63) is 48.4 Å². The molecule has 0 spiro atoms. The first-order valence-corrected chi connectivity index (χ1v) is 12.7. The van der Waals surface area contributed by atoms with E-state index in [4.69, 9.17) is 14.5 Å². The molecule has 1 fully saturated rings. The molecule has 0 amide bonds. The summed E-state index contributed by atoms with van der Waals surface area (Å²) in [4.78, 5) is 16.4. The van der Waals surface area contributed by atoms with E-state index in [9.17, 15) is 4.21 Å². The van der Waals surface area contributed by atoms with Gasteiger partial charge in [-0.05, 0) is 49.7 Å². The lowest BCUT2D eigenvalue weighted by Gasteiger charge is -2.34. The molecule has 2 atom stereocenters. The lowest BCUT2D eigenvalue weighted by atomic mass is 9.99. The minimum Gasteiger partial charge on any atom is -0.377 e. The highest BCUT2D eigenvalue weighted by Gasteiger charge is 2.24. The van der Waals surface area contributed by atoms with Crippen molar-refractivity contribution in [2.45, 2.75) is 24.9 Å². The number of fused-ring (bicyclic) bond motifs is 1. The van der Waals surface area contributed by atoms with Crippen molar-refractivity contribution in [1.82, 2.24) is 25.1 Å². The SMILES string of the molecule is Cc1nc(S(C)(=N)=O)ccc1-c1cc(N2CCOC[C@H]2C)nc2c(-c3ccn[nH]3)nccc12. The van der Waals surface area contributed by atoms with Gasteiger partial charge in [0.1, 0.15) is 22.1 Å². The molecule has 10 heteroatoms. The molecule has 0 saturated carbocycles. The van der Waals surface area contributed by atoms with Gasteiger partial charge in [-0.3, -0.25) is 10.1 Å². The van der Waals surface area contributed by atoms with Crippen LogP contribution >= 0.6 is 0 Å². The van der Waals surface area contributed by atoms with Crippen LogP contribution in [0.1, 0.15) is 12.6 Å². The monoisotopic (exact) mass is 463 g/mol. The number of aryl methyl sites for hydroxylation is 1. The predicted octanol–water partition coefficient (Wildman–Crippen LogP) is 3.65. The first-order chi connectivity index (χ1) is 15.8. The predicted molar refractivity (Wildman–Crippen MR) is 128 cm³/mol. The molecule has 5 heterocycles. The molecule has 170 valence electrons. The molecule has 2 N–H and O–H groups in total. The summed E-state index contributed by atoms with van der Waals surface area (Å²) in [5.41, 5.74) is 4.84. The Hall–Kier alpha value is -3.37. The molecule has 4 aromatic rings. The summed E-state index contributed by atoms with van der Waals surface area (Å²) in [7, 11) is -2.90. The van der Waals surface area contributed by atoms with Crippen LogP contribution in [0.2, 0.25) is 0 Å². The van der Waals surface area contributed by atoms with Crippen LogP contribution in [0.4, 0.5) is 5.82 Å². The van der Waals surface area contributed by atoms with Gasteiger partial charge >= 0.3 is 0 Å². The standard InChI is InChI=1S/C23H25N7O2S/c1-14-13-32-11-10-30(14)20-12-18(16-4-5-21(27-15(16)2)33(3,24)31)17-6-8-25-23(22(17)28-20)19-7-9-26-29-19/h4-9,12,14,24H,10-11,13H2,1-3H3,(H,26,29)/t14-,33?/m1/s1. The Bertz CT molecular complexity index is 1430. The van der Waals surface area contributed by atoms with Gasteiger partial charge in [-0.25, -0.2) is 19.0 Å². The van der Waals surface area contributed by atoms with Gasteiger partial charge in [0.15, 0.2) is 0 Å². The number of H-pyrrole nitrogens is 1. The van der Waals surface area contributed by atoms with Crippen LogP contribution in [0.5, 0.6) is 0 Å². The highest BCUT2D eigenvalue weighted by Crippen LogP contribution is 2.36. The minimum atomic E-state index is -2.90. The van der Waals surface area contributed by atoms with Crippen LogP contribution < -0.4 is 4.90 Å². The Morgan fingerprint density at radius 3 is 2.73 bits per heavy atom. The topological polar surface area (TPSA) is 121 Å². The molecular weight excluding hydrogens is 438 g/mol. The van der Waals surface area contributed by atoms with Crippen molar-refractivity contribution >= 4 is 26.4 Å². The molecule has 1 saturated heterocycles. The molecule has 33 heavy (non-hydrogen) atoms. The Labute approximate surface area is 192 Å².